The Hall–Kier alpha value is -0.960. The molecular formula is C10H11BrN2. The van der Waals surface area contributed by atoms with Crippen LogP contribution in [0.25, 0.3) is 0 Å². The summed E-state index contributed by atoms with van der Waals surface area (Å²) in [6.45, 7) is 0.897. The molecule has 0 amide bonds. The van der Waals surface area contributed by atoms with Gasteiger partial charge in [-0.1, -0.05) is 34.1 Å². The summed E-state index contributed by atoms with van der Waals surface area (Å²) in [4.78, 5) is 0. The third-order valence-corrected chi connectivity index (χ3v) is 2.93. The molecule has 0 aliphatic carbocycles. The van der Waals surface area contributed by atoms with Crippen molar-refractivity contribution in [3.63, 3.8) is 0 Å². The Labute approximate surface area is 86.0 Å². The first kappa shape index (κ1) is 8.63. The topological polar surface area (TPSA) is 38.0 Å². The maximum atomic E-state index is 5.65. The summed E-state index contributed by atoms with van der Waals surface area (Å²) >= 11 is 3.53. The fourth-order valence-corrected chi connectivity index (χ4v) is 2.12. The first-order valence-corrected chi connectivity index (χ1v) is 5.02. The molecule has 0 aromatic heterocycles. The molecule has 0 saturated heterocycles. The molecule has 1 aliphatic rings. The van der Waals surface area contributed by atoms with Crippen LogP contribution in [0.15, 0.2) is 40.6 Å². The van der Waals surface area contributed by atoms with Crippen molar-refractivity contribution in [2.75, 3.05) is 6.54 Å². The molecule has 0 fully saturated rings. The van der Waals surface area contributed by atoms with Gasteiger partial charge in [0.2, 0.25) is 0 Å². The van der Waals surface area contributed by atoms with Crippen LogP contribution in [0.4, 0.5) is 0 Å². The number of nitrogens with two attached hydrogens (primary N) is 1. The normalized spacial score (nSPS) is 21.0. The van der Waals surface area contributed by atoms with E-state index in [2.05, 4.69) is 39.5 Å². The van der Waals surface area contributed by atoms with Crippen LogP contribution >= 0.6 is 15.9 Å². The summed E-state index contributed by atoms with van der Waals surface area (Å²) in [5, 5.41) is 3.11. The fourth-order valence-electron chi connectivity index (χ4n) is 1.54. The molecule has 13 heavy (non-hydrogen) atoms. The van der Waals surface area contributed by atoms with E-state index in [1.165, 1.54) is 5.56 Å². The van der Waals surface area contributed by atoms with E-state index in [4.69, 9.17) is 5.73 Å². The van der Waals surface area contributed by atoms with E-state index in [0.29, 0.717) is 5.92 Å². The lowest BCUT2D eigenvalue weighted by Crippen LogP contribution is -2.16. The molecule has 3 N–H and O–H groups in total. The molecule has 68 valence electrons. The molecule has 0 saturated carbocycles. The van der Waals surface area contributed by atoms with E-state index in [9.17, 15) is 0 Å². The molecule has 2 nitrogen and oxygen atoms in total. The predicted molar refractivity (Wildman–Crippen MR) is 57.2 cm³/mol. The molecule has 1 aliphatic heterocycles. The molecule has 1 atom stereocenters. The van der Waals surface area contributed by atoms with Gasteiger partial charge in [0, 0.05) is 16.9 Å². The summed E-state index contributed by atoms with van der Waals surface area (Å²) in [6.07, 6.45) is 2.06. The van der Waals surface area contributed by atoms with Gasteiger partial charge in [-0.3, -0.25) is 0 Å². The molecule has 0 spiro atoms. The minimum Gasteiger partial charge on any atom is -0.386 e. The van der Waals surface area contributed by atoms with Gasteiger partial charge in [0.05, 0.1) is 5.82 Å². The minimum atomic E-state index is 0.399. The van der Waals surface area contributed by atoms with Crippen LogP contribution in [-0.4, -0.2) is 6.54 Å². The Morgan fingerprint density at radius 1 is 1.38 bits per heavy atom. The lowest BCUT2D eigenvalue weighted by molar-refractivity contribution is 0.789. The first-order valence-electron chi connectivity index (χ1n) is 4.23. The van der Waals surface area contributed by atoms with Crippen molar-refractivity contribution in [3.8, 4) is 0 Å². The van der Waals surface area contributed by atoms with Crippen molar-refractivity contribution in [2.45, 2.75) is 5.92 Å². The highest BCUT2D eigenvalue weighted by atomic mass is 79.9. The number of hydrogen-bond donors (Lipinski definition) is 2. The predicted octanol–water partition coefficient (Wildman–Crippen LogP) is 1.94. The number of benzene rings is 1. The van der Waals surface area contributed by atoms with Gasteiger partial charge in [-0.05, 0) is 17.7 Å². The van der Waals surface area contributed by atoms with Gasteiger partial charge in [-0.2, -0.15) is 0 Å². The van der Waals surface area contributed by atoms with Crippen LogP contribution in [0.5, 0.6) is 0 Å². The number of nitrogens with one attached hydrogen (secondary N) is 1. The standard InChI is InChI=1S/C10H11BrN2/c11-9-4-2-1-3-8(9)7-5-10(12)13-6-7/h1-5,7,13H,6,12H2. The van der Waals surface area contributed by atoms with Gasteiger partial charge >= 0.3 is 0 Å². The Morgan fingerprint density at radius 2 is 2.15 bits per heavy atom. The van der Waals surface area contributed by atoms with Crippen molar-refractivity contribution < 1.29 is 0 Å². The zero-order valence-corrected chi connectivity index (χ0v) is 8.71. The molecule has 1 unspecified atom stereocenters. The summed E-state index contributed by atoms with van der Waals surface area (Å²) in [7, 11) is 0. The second-order valence-electron chi connectivity index (χ2n) is 3.13. The highest BCUT2D eigenvalue weighted by Gasteiger charge is 2.16. The van der Waals surface area contributed by atoms with Crippen molar-refractivity contribution >= 4 is 15.9 Å². The van der Waals surface area contributed by atoms with Crippen molar-refractivity contribution in [1.29, 1.82) is 0 Å². The van der Waals surface area contributed by atoms with Crippen LogP contribution in [0.3, 0.4) is 0 Å². The Kier molecular flexibility index (Phi) is 2.27. The summed E-state index contributed by atoms with van der Waals surface area (Å²) in [5.41, 5.74) is 6.93. The SMILES string of the molecule is NC1=CC(c2ccccc2Br)CN1. The molecule has 3 heteroatoms. The zero-order chi connectivity index (χ0) is 9.26. The number of halogens is 1. The number of rotatable bonds is 1. The largest absolute Gasteiger partial charge is 0.386 e. The average Bonchev–Trinajstić information content (AvgIpc) is 2.53. The van der Waals surface area contributed by atoms with E-state index >= 15 is 0 Å². The van der Waals surface area contributed by atoms with Gasteiger partial charge in [0.25, 0.3) is 0 Å². The van der Waals surface area contributed by atoms with Crippen LogP contribution < -0.4 is 11.1 Å². The quantitative estimate of drug-likeness (QED) is 0.785. The summed E-state index contributed by atoms with van der Waals surface area (Å²) < 4.78 is 1.15. The summed E-state index contributed by atoms with van der Waals surface area (Å²) in [6, 6.07) is 8.23. The maximum Gasteiger partial charge on any atom is 0.0926 e. The van der Waals surface area contributed by atoms with Crippen molar-refractivity contribution in [2.24, 2.45) is 5.73 Å². The molecule has 1 aromatic rings. The van der Waals surface area contributed by atoms with Gasteiger partial charge < -0.3 is 11.1 Å². The molecule has 2 rings (SSSR count). The summed E-state index contributed by atoms with van der Waals surface area (Å²) in [5.74, 6) is 1.18. The molecule has 0 bridgehead atoms. The smallest absolute Gasteiger partial charge is 0.0926 e. The Bertz CT molecular complexity index is 347. The van der Waals surface area contributed by atoms with Crippen LogP contribution in [0, 0.1) is 0 Å². The number of hydrogen-bond acceptors (Lipinski definition) is 2. The third kappa shape index (κ3) is 1.70. The Balaban J connectivity index is 2.31. The van der Waals surface area contributed by atoms with E-state index in [1.54, 1.807) is 0 Å². The fraction of sp³-hybridized carbons (Fsp3) is 0.200. The van der Waals surface area contributed by atoms with Crippen LogP contribution in [0.2, 0.25) is 0 Å². The van der Waals surface area contributed by atoms with E-state index in [0.717, 1.165) is 16.8 Å². The lowest BCUT2D eigenvalue weighted by atomic mass is 10.0. The van der Waals surface area contributed by atoms with Crippen molar-refractivity contribution in [3.05, 3.63) is 46.2 Å². The average molecular weight is 239 g/mol. The van der Waals surface area contributed by atoms with Gasteiger partial charge in [0.15, 0.2) is 0 Å². The van der Waals surface area contributed by atoms with Crippen molar-refractivity contribution in [1.82, 2.24) is 5.32 Å². The van der Waals surface area contributed by atoms with Gasteiger partial charge in [0.1, 0.15) is 0 Å². The molecule has 0 radical (unpaired) electrons. The second-order valence-corrected chi connectivity index (χ2v) is 3.99. The highest BCUT2D eigenvalue weighted by molar-refractivity contribution is 9.10. The lowest BCUT2D eigenvalue weighted by Gasteiger charge is -2.08. The van der Waals surface area contributed by atoms with E-state index < -0.39 is 0 Å². The van der Waals surface area contributed by atoms with Crippen LogP contribution in [0.1, 0.15) is 11.5 Å². The van der Waals surface area contributed by atoms with E-state index in [1.807, 2.05) is 12.1 Å². The van der Waals surface area contributed by atoms with E-state index in [-0.39, 0.29) is 0 Å². The second kappa shape index (κ2) is 3.42. The Morgan fingerprint density at radius 3 is 2.77 bits per heavy atom. The molecular weight excluding hydrogens is 228 g/mol. The first-order chi connectivity index (χ1) is 6.27. The maximum absolute atomic E-state index is 5.65. The minimum absolute atomic E-state index is 0.399. The molecule has 1 aromatic carbocycles. The van der Waals surface area contributed by atoms with Crippen LogP contribution in [-0.2, 0) is 0 Å². The monoisotopic (exact) mass is 238 g/mol. The van der Waals surface area contributed by atoms with Gasteiger partial charge in [-0.15, -0.1) is 0 Å². The molecule has 1 heterocycles. The highest BCUT2D eigenvalue weighted by Crippen LogP contribution is 2.27. The third-order valence-electron chi connectivity index (χ3n) is 2.21. The van der Waals surface area contributed by atoms with Gasteiger partial charge in [-0.25, -0.2) is 0 Å². The zero-order valence-electron chi connectivity index (χ0n) is 7.13.